The summed E-state index contributed by atoms with van der Waals surface area (Å²) in [5, 5.41) is 3.39. The highest BCUT2D eigenvalue weighted by molar-refractivity contribution is 9.10. The molecule has 4 aromatic rings. The van der Waals surface area contributed by atoms with E-state index in [2.05, 4.69) is 21.2 Å². The molecule has 0 spiro atoms. The van der Waals surface area contributed by atoms with Gasteiger partial charge in [0, 0.05) is 29.7 Å². The summed E-state index contributed by atoms with van der Waals surface area (Å²) in [6, 6.07) is 21.9. The standard InChI is InChI=1S/C29H26BrClN4O4/c1-39-22-10-7-19(8-11-22)16-32-27(36)26-25-18-33(28(37)21-9-12-23(30)24(31)15-21)13-14-34(25)29(38)35(26)17-20-5-3-2-4-6-20/h2-12,15H,13-14,16-18H2,1H3,(H,32,36). The van der Waals surface area contributed by atoms with Gasteiger partial charge in [0.2, 0.25) is 0 Å². The number of nitrogens with zero attached hydrogens (tertiary/aromatic N) is 3. The molecule has 200 valence electrons. The molecule has 1 aliphatic heterocycles. The lowest BCUT2D eigenvalue weighted by molar-refractivity contribution is 0.0706. The van der Waals surface area contributed by atoms with Crippen molar-refractivity contribution in [1.82, 2.24) is 19.4 Å². The highest BCUT2D eigenvalue weighted by Crippen LogP contribution is 2.25. The molecule has 2 amide bonds. The van der Waals surface area contributed by atoms with E-state index in [0.717, 1.165) is 16.9 Å². The summed E-state index contributed by atoms with van der Waals surface area (Å²) in [7, 11) is 1.60. The minimum Gasteiger partial charge on any atom is -0.497 e. The van der Waals surface area contributed by atoms with Gasteiger partial charge in [0.15, 0.2) is 0 Å². The number of amides is 2. The fourth-order valence-electron chi connectivity index (χ4n) is 4.67. The van der Waals surface area contributed by atoms with Crippen molar-refractivity contribution in [2.24, 2.45) is 0 Å². The molecule has 1 N–H and O–H groups in total. The number of imidazole rings is 1. The molecule has 0 atom stereocenters. The Morgan fingerprint density at radius 3 is 2.44 bits per heavy atom. The Morgan fingerprint density at radius 2 is 1.74 bits per heavy atom. The predicted octanol–water partition coefficient (Wildman–Crippen LogP) is 4.71. The molecule has 2 heterocycles. The molecule has 0 bridgehead atoms. The fraction of sp³-hybridized carbons (Fsp3) is 0.207. The fourth-order valence-corrected chi connectivity index (χ4v) is 5.10. The molecule has 0 aliphatic carbocycles. The Kier molecular flexibility index (Phi) is 7.90. The van der Waals surface area contributed by atoms with Gasteiger partial charge >= 0.3 is 5.69 Å². The number of benzene rings is 3. The van der Waals surface area contributed by atoms with E-state index in [1.54, 1.807) is 34.8 Å². The quantitative estimate of drug-likeness (QED) is 0.329. The summed E-state index contributed by atoms with van der Waals surface area (Å²) in [5.41, 5.74) is 2.70. The third-order valence-electron chi connectivity index (χ3n) is 6.73. The van der Waals surface area contributed by atoms with Crippen LogP contribution >= 0.6 is 27.5 Å². The molecule has 39 heavy (non-hydrogen) atoms. The van der Waals surface area contributed by atoms with E-state index in [1.165, 1.54) is 4.57 Å². The van der Waals surface area contributed by atoms with Crippen molar-refractivity contribution in [2.45, 2.75) is 26.2 Å². The van der Waals surface area contributed by atoms with Crippen molar-refractivity contribution in [3.8, 4) is 5.75 Å². The Morgan fingerprint density at radius 1 is 1.00 bits per heavy atom. The first-order chi connectivity index (χ1) is 18.9. The molecule has 1 aliphatic rings. The van der Waals surface area contributed by atoms with Crippen LogP contribution in [0.25, 0.3) is 0 Å². The van der Waals surface area contributed by atoms with E-state index in [-0.39, 0.29) is 49.4 Å². The van der Waals surface area contributed by atoms with E-state index >= 15 is 0 Å². The first-order valence-corrected chi connectivity index (χ1v) is 13.5. The van der Waals surface area contributed by atoms with E-state index in [1.807, 2.05) is 54.6 Å². The average molecular weight is 610 g/mol. The minimum absolute atomic E-state index is 0.120. The molecule has 0 fully saturated rings. The van der Waals surface area contributed by atoms with Crippen molar-refractivity contribution in [3.63, 3.8) is 0 Å². The number of hydrogen-bond acceptors (Lipinski definition) is 4. The number of nitrogens with one attached hydrogen (secondary N) is 1. The maximum absolute atomic E-state index is 13.6. The summed E-state index contributed by atoms with van der Waals surface area (Å²) < 4.78 is 9.00. The van der Waals surface area contributed by atoms with Gasteiger partial charge in [-0.3, -0.25) is 18.7 Å². The third kappa shape index (κ3) is 5.65. The van der Waals surface area contributed by atoms with Gasteiger partial charge < -0.3 is 15.0 Å². The van der Waals surface area contributed by atoms with Gasteiger partial charge in [0.25, 0.3) is 11.8 Å². The van der Waals surface area contributed by atoms with Crippen LogP contribution < -0.4 is 15.7 Å². The van der Waals surface area contributed by atoms with Gasteiger partial charge in [0.1, 0.15) is 11.4 Å². The first-order valence-electron chi connectivity index (χ1n) is 12.4. The van der Waals surface area contributed by atoms with Crippen LogP contribution in [-0.2, 0) is 26.2 Å². The number of halogens is 2. The lowest BCUT2D eigenvalue weighted by atomic mass is 10.1. The molecular weight excluding hydrogens is 584 g/mol. The van der Waals surface area contributed by atoms with Crippen molar-refractivity contribution in [1.29, 1.82) is 0 Å². The number of aromatic nitrogens is 2. The summed E-state index contributed by atoms with van der Waals surface area (Å²) in [6.07, 6.45) is 0. The second-order valence-electron chi connectivity index (χ2n) is 9.19. The molecule has 1 aromatic heterocycles. The van der Waals surface area contributed by atoms with Crippen LogP contribution in [-0.4, -0.2) is 39.5 Å². The van der Waals surface area contributed by atoms with Gasteiger partial charge in [-0.25, -0.2) is 4.79 Å². The number of fused-ring (bicyclic) bond motifs is 1. The van der Waals surface area contributed by atoms with Crippen LogP contribution in [0.1, 0.15) is 37.7 Å². The molecule has 5 rings (SSSR count). The number of ether oxygens (including phenoxy) is 1. The summed E-state index contributed by atoms with van der Waals surface area (Å²) in [4.78, 5) is 42.1. The van der Waals surface area contributed by atoms with Crippen LogP contribution in [0.2, 0.25) is 5.02 Å². The smallest absolute Gasteiger partial charge is 0.329 e. The molecule has 3 aromatic carbocycles. The number of methoxy groups -OCH3 is 1. The molecule has 8 nitrogen and oxygen atoms in total. The highest BCUT2D eigenvalue weighted by atomic mass is 79.9. The number of carbonyl (C=O) groups is 2. The van der Waals surface area contributed by atoms with Gasteiger partial charge in [-0.2, -0.15) is 0 Å². The lowest BCUT2D eigenvalue weighted by Gasteiger charge is -2.28. The predicted molar refractivity (Wildman–Crippen MR) is 152 cm³/mol. The normalized spacial score (nSPS) is 12.6. The van der Waals surface area contributed by atoms with Crippen LogP contribution in [0.15, 0.2) is 82.1 Å². The van der Waals surface area contributed by atoms with Crippen LogP contribution in [0.5, 0.6) is 5.75 Å². The van der Waals surface area contributed by atoms with Crippen LogP contribution in [0.3, 0.4) is 0 Å². The molecule has 0 radical (unpaired) electrons. The third-order valence-corrected chi connectivity index (χ3v) is 7.96. The van der Waals surface area contributed by atoms with Gasteiger partial charge in [0.05, 0.1) is 30.9 Å². The summed E-state index contributed by atoms with van der Waals surface area (Å²) in [6.45, 7) is 1.25. The molecule has 0 unspecified atom stereocenters. The second kappa shape index (κ2) is 11.5. The molecular formula is C29H26BrClN4O4. The first kappa shape index (κ1) is 26.8. The zero-order chi connectivity index (χ0) is 27.5. The minimum atomic E-state index is -0.381. The largest absolute Gasteiger partial charge is 0.497 e. The summed E-state index contributed by atoms with van der Waals surface area (Å²) in [5.74, 6) is 0.122. The molecule has 0 saturated carbocycles. The number of hydrogen-bond donors (Lipinski definition) is 1. The maximum atomic E-state index is 13.6. The Labute approximate surface area is 238 Å². The van der Waals surface area contributed by atoms with Crippen molar-refractivity contribution in [2.75, 3.05) is 13.7 Å². The Bertz CT molecular complexity index is 1580. The van der Waals surface area contributed by atoms with Crippen molar-refractivity contribution >= 4 is 39.3 Å². The zero-order valence-electron chi connectivity index (χ0n) is 21.2. The highest BCUT2D eigenvalue weighted by Gasteiger charge is 2.31. The zero-order valence-corrected chi connectivity index (χ0v) is 23.5. The van der Waals surface area contributed by atoms with E-state index in [9.17, 15) is 14.4 Å². The average Bonchev–Trinajstić information content (AvgIpc) is 3.24. The number of carbonyl (C=O) groups excluding carboxylic acids is 2. The SMILES string of the molecule is COc1ccc(CNC(=O)c2c3n(c(=O)n2Cc2ccccc2)CCN(C(=O)c2ccc(Br)c(Cl)c2)C3)cc1. The van der Waals surface area contributed by atoms with E-state index in [0.29, 0.717) is 27.3 Å². The Hall–Kier alpha value is -3.82. The van der Waals surface area contributed by atoms with Gasteiger partial charge in [-0.05, 0) is 57.4 Å². The van der Waals surface area contributed by atoms with Crippen molar-refractivity contribution in [3.05, 3.63) is 121 Å². The van der Waals surface area contributed by atoms with E-state index in [4.69, 9.17) is 16.3 Å². The van der Waals surface area contributed by atoms with Crippen LogP contribution in [0.4, 0.5) is 0 Å². The second-order valence-corrected chi connectivity index (χ2v) is 10.4. The number of rotatable bonds is 7. The van der Waals surface area contributed by atoms with Crippen molar-refractivity contribution < 1.29 is 14.3 Å². The summed E-state index contributed by atoms with van der Waals surface area (Å²) >= 11 is 9.57. The topological polar surface area (TPSA) is 85.6 Å². The van der Waals surface area contributed by atoms with Gasteiger partial charge in [-0.15, -0.1) is 0 Å². The Balaban J connectivity index is 1.47. The molecule has 10 heteroatoms. The lowest BCUT2D eigenvalue weighted by Crippen LogP contribution is -2.41. The monoisotopic (exact) mass is 608 g/mol. The van der Waals surface area contributed by atoms with Gasteiger partial charge in [-0.1, -0.05) is 54.1 Å². The maximum Gasteiger partial charge on any atom is 0.329 e. The van der Waals surface area contributed by atoms with E-state index < -0.39 is 0 Å². The van der Waals surface area contributed by atoms with Crippen LogP contribution in [0, 0.1) is 0 Å². The molecule has 0 saturated heterocycles.